The van der Waals surface area contributed by atoms with Crippen molar-refractivity contribution < 1.29 is 9.53 Å². The van der Waals surface area contributed by atoms with E-state index < -0.39 is 0 Å². The van der Waals surface area contributed by atoms with Gasteiger partial charge in [0.05, 0.1) is 12.3 Å². The van der Waals surface area contributed by atoms with Crippen LogP contribution in [0.15, 0.2) is 18.2 Å². The molecule has 4 nitrogen and oxygen atoms in total. The molecule has 2 aliphatic heterocycles. The van der Waals surface area contributed by atoms with Crippen LogP contribution in [-0.2, 0) is 11.2 Å². The van der Waals surface area contributed by atoms with Gasteiger partial charge in [-0.25, -0.2) is 4.79 Å². The molecule has 0 aliphatic carbocycles. The van der Waals surface area contributed by atoms with Gasteiger partial charge in [0, 0.05) is 30.1 Å². The number of benzene rings is 1. The van der Waals surface area contributed by atoms with E-state index in [2.05, 4.69) is 5.32 Å². The van der Waals surface area contributed by atoms with Crippen LogP contribution in [0.3, 0.4) is 0 Å². The first-order valence-corrected chi connectivity index (χ1v) is 7.47. The fourth-order valence-electron chi connectivity index (χ4n) is 2.90. The van der Waals surface area contributed by atoms with Crippen molar-refractivity contribution in [3.63, 3.8) is 0 Å². The molecular weight excluding hydrogens is 276 g/mol. The molecule has 1 aromatic carbocycles. The summed E-state index contributed by atoms with van der Waals surface area (Å²) in [6.07, 6.45) is 1.91. The smallest absolute Gasteiger partial charge is 0.322 e. The number of ether oxygens (including phenoxy) is 1. The van der Waals surface area contributed by atoms with E-state index >= 15 is 0 Å². The van der Waals surface area contributed by atoms with Crippen molar-refractivity contribution in [3.05, 3.63) is 28.8 Å². The molecule has 3 rings (SSSR count). The maximum absolute atomic E-state index is 12.4. The van der Waals surface area contributed by atoms with Crippen LogP contribution in [0, 0.1) is 5.92 Å². The van der Waals surface area contributed by atoms with Gasteiger partial charge >= 0.3 is 6.03 Å². The second-order valence-corrected chi connectivity index (χ2v) is 5.97. The van der Waals surface area contributed by atoms with Crippen LogP contribution in [0.1, 0.15) is 18.9 Å². The number of anilines is 1. The number of rotatable bonds is 2. The molecule has 0 spiro atoms. The predicted molar refractivity (Wildman–Crippen MR) is 79.4 cm³/mol. The Kier molecular flexibility index (Phi) is 3.85. The monoisotopic (exact) mass is 294 g/mol. The topological polar surface area (TPSA) is 41.6 Å². The van der Waals surface area contributed by atoms with E-state index in [4.69, 9.17) is 16.3 Å². The van der Waals surface area contributed by atoms with Crippen molar-refractivity contribution >= 4 is 23.3 Å². The summed E-state index contributed by atoms with van der Waals surface area (Å²) in [5, 5.41) is 3.76. The van der Waals surface area contributed by atoms with Gasteiger partial charge in [-0.1, -0.05) is 17.7 Å². The molecule has 2 unspecified atom stereocenters. The van der Waals surface area contributed by atoms with Crippen molar-refractivity contribution in [1.29, 1.82) is 0 Å². The third-order valence-electron chi connectivity index (χ3n) is 4.21. The van der Waals surface area contributed by atoms with Crippen LogP contribution in [0.5, 0.6) is 0 Å². The van der Waals surface area contributed by atoms with Crippen molar-refractivity contribution in [2.75, 3.05) is 24.7 Å². The number of amides is 2. The minimum Gasteiger partial charge on any atom is -0.381 e. The third-order valence-corrected chi connectivity index (χ3v) is 4.45. The van der Waals surface area contributed by atoms with Gasteiger partial charge in [-0.15, -0.1) is 0 Å². The van der Waals surface area contributed by atoms with Gasteiger partial charge in [-0.05, 0) is 37.5 Å². The highest BCUT2D eigenvalue weighted by molar-refractivity contribution is 6.31. The Morgan fingerprint density at radius 3 is 3.15 bits per heavy atom. The summed E-state index contributed by atoms with van der Waals surface area (Å²) in [6, 6.07) is 5.84. The SMILES string of the molecule is CC(NC(=O)N1CCc2ccc(Cl)cc21)C1CCOC1. The maximum Gasteiger partial charge on any atom is 0.322 e. The molecule has 0 bridgehead atoms. The summed E-state index contributed by atoms with van der Waals surface area (Å²) in [5.74, 6) is 0.417. The summed E-state index contributed by atoms with van der Waals surface area (Å²) < 4.78 is 5.37. The molecule has 2 aliphatic rings. The first kappa shape index (κ1) is 13.7. The molecule has 1 fully saturated rings. The van der Waals surface area contributed by atoms with Gasteiger partial charge in [0.2, 0.25) is 0 Å². The highest BCUT2D eigenvalue weighted by Gasteiger charge is 2.28. The van der Waals surface area contributed by atoms with Crippen molar-refractivity contribution in [1.82, 2.24) is 5.32 Å². The second-order valence-electron chi connectivity index (χ2n) is 5.54. The molecule has 1 saturated heterocycles. The standard InChI is InChI=1S/C15H19ClN2O2/c1-10(12-5-7-20-9-12)17-15(19)18-6-4-11-2-3-13(16)8-14(11)18/h2-3,8,10,12H,4-7,9H2,1H3,(H,17,19). The quantitative estimate of drug-likeness (QED) is 0.911. The molecule has 1 aromatic rings. The maximum atomic E-state index is 12.4. The molecule has 20 heavy (non-hydrogen) atoms. The lowest BCUT2D eigenvalue weighted by Crippen LogP contribution is -2.46. The number of carbonyl (C=O) groups is 1. The zero-order valence-electron chi connectivity index (χ0n) is 11.6. The van der Waals surface area contributed by atoms with Crippen molar-refractivity contribution in [2.24, 2.45) is 5.92 Å². The number of nitrogens with one attached hydrogen (secondary N) is 1. The summed E-state index contributed by atoms with van der Waals surface area (Å²) in [4.78, 5) is 14.2. The molecule has 2 amide bonds. The van der Waals surface area contributed by atoms with Crippen LogP contribution in [0.4, 0.5) is 10.5 Å². The lowest BCUT2D eigenvalue weighted by molar-refractivity contribution is 0.178. The second kappa shape index (κ2) is 5.62. The highest BCUT2D eigenvalue weighted by atomic mass is 35.5. The van der Waals surface area contributed by atoms with E-state index in [-0.39, 0.29) is 12.1 Å². The molecule has 2 atom stereocenters. The first-order valence-electron chi connectivity index (χ1n) is 7.09. The Bertz CT molecular complexity index is 515. The number of hydrogen-bond donors (Lipinski definition) is 1. The average Bonchev–Trinajstić information content (AvgIpc) is 3.07. The normalized spacial score (nSPS) is 22.7. The molecular formula is C15H19ClN2O2. The van der Waals surface area contributed by atoms with Gasteiger partial charge in [0.25, 0.3) is 0 Å². The zero-order valence-corrected chi connectivity index (χ0v) is 12.3. The minimum absolute atomic E-state index is 0.0367. The summed E-state index contributed by atoms with van der Waals surface area (Å²) in [5.41, 5.74) is 2.12. The fourth-order valence-corrected chi connectivity index (χ4v) is 3.07. The lowest BCUT2D eigenvalue weighted by atomic mass is 10.0. The largest absolute Gasteiger partial charge is 0.381 e. The van der Waals surface area contributed by atoms with Gasteiger partial charge in [-0.2, -0.15) is 0 Å². The molecule has 1 N–H and O–H groups in total. The predicted octanol–water partition coefficient (Wildman–Crippen LogP) is 2.84. The van der Waals surface area contributed by atoms with Gasteiger partial charge in [-0.3, -0.25) is 4.90 Å². The highest BCUT2D eigenvalue weighted by Crippen LogP contribution is 2.30. The summed E-state index contributed by atoms with van der Waals surface area (Å²) >= 11 is 6.03. The average molecular weight is 295 g/mol. The molecule has 0 radical (unpaired) electrons. The van der Waals surface area contributed by atoms with E-state index in [1.54, 1.807) is 4.90 Å². The van der Waals surface area contributed by atoms with E-state index in [9.17, 15) is 4.79 Å². The molecule has 0 saturated carbocycles. The van der Waals surface area contributed by atoms with Crippen molar-refractivity contribution in [3.8, 4) is 0 Å². The van der Waals surface area contributed by atoms with Crippen LogP contribution < -0.4 is 10.2 Å². The molecule has 2 heterocycles. The van der Waals surface area contributed by atoms with Crippen LogP contribution in [0.2, 0.25) is 5.02 Å². The van der Waals surface area contributed by atoms with E-state index in [0.717, 1.165) is 38.3 Å². The number of hydrogen-bond acceptors (Lipinski definition) is 2. The van der Waals surface area contributed by atoms with Crippen molar-refractivity contribution in [2.45, 2.75) is 25.8 Å². The van der Waals surface area contributed by atoms with Crippen LogP contribution >= 0.6 is 11.6 Å². The fraction of sp³-hybridized carbons (Fsp3) is 0.533. The third kappa shape index (κ3) is 2.63. The number of carbonyl (C=O) groups excluding carboxylic acids is 1. The number of nitrogens with zero attached hydrogens (tertiary/aromatic N) is 1. The Balaban J connectivity index is 1.68. The first-order chi connectivity index (χ1) is 9.65. The Morgan fingerprint density at radius 2 is 2.40 bits per heavy atom. The van der Waals surface area contributed by atoms with E-state index in [1.807, 2.05) is 25.1 Å². The van der Waals surface area contributed by atoms with Gasteiger partial charge in [0.1, 0.15) is 0 Å². The number of halogens is 1. The molecule has 5 heteroatoms. The number of urea groups is 1. The zero-order chi connectivity index (χ0) is 14.1. The minimum atomic E-state index is -0.0367. The van der Waals surface area contributed by atoms with Crippen LogP contribution in [-0.4, -0.2) is 31.8 Å². The Labute approximate surface area is 124 Å². The Hall–Kier alpha value is -1.26. The van der Waals surface area contributed by atoms with Gasteiger partial charge in [0.15, 0.2) is 0 Å². The van der Waals surface area contributed by atoms with E-state index in [0.29, 0.717) is 10.9 Å². The summed E-state index contributed by atoms with van der Waals surface area (Å²) in [7, 11) is 0. The van der Waals surface area contributed by atoms with E-state index in [1.165, 1.54) is 5.56 Å². The summed E-state index contributed by atoms with van der Waals surface area (Å²) in [6.45, 7) is 4.30. The molecule has 108 valence electrons. The molecule has 0 aromatic heterocycles. The number of fused-ring (bicyclic) bond motifs is 1. The van der Waals surface area contributed by atoms with Crippen LogP contribution in [0.25, 0.3) is 0 Å². The lowest BCUT2D eigenvalue weighted by Gasteiger charge is -2.24. The Morgan fingerprint density at radius 1 is 1.55 bits per heavy atom. The van der Waals surface area contributed by atoms with Gasteiger partial charge < -0.3 is 10.1 Å².